The van der Waals surface area contributed by atoms with Crippen LogP contribution in [-0.4, -0.2) is 17.5 Å². The molecule has 1 rings (SSSR count). The van der Waals surface area contributed by atoms with E-state index in [0.29, 0.717) is 11.6 Å². The second-order valence-electron chi connectivity index (χ2n) is 4.48. The monoisotopic (exact) mass is 273 g/mol. The summed E-state index contributed by atoms with van der Waals surface area (Å²) < 4.78 is 26.2. The van der Waals surface area contributed by atoms with Crippen molar-refractivity contribution < 1.29 is 8.78 Å². The SMILES string of the molecule is CCSCCC(C)NC(C)c1cc(F)cc(F)c1. The minimum atomic E-state index is -0.521. The van der Waals surface area contributed by atoms with Crippen molar-refractivity contribution in [3.63, 3.8) is 0 Å². The molecule has 4 heteroatoms. The second kappa shape index (κ2) is 7.74. The van der Waals surface area contributed by atoms with Gasteiger partial charge in [-0.3, -0.25) is 0 Å². The van der Waals surface area contributed by atoms with E-state index in [9.17, 15) is 8.78 Å². The van der Waals surface area contributed by atoms with Crippen LogP contribution in [0.1, 0.15) is 38.8 Å². The number of hydrogen-bond donors (Lipinski definition) is 1. The van der Waals surface area contributed by atoms with Crippen LogP contribution >= 0.6 is 11.8 Å². The summed E-state index contributed by atoms with van der Waals surface area (Å²) in [5.74, 6) is 1.19. The van der Waals surface area contributed by atoms with Gasteiger partial charge in [0.2, 0.25) is 0 Å². The van der Waals surface area contributed by atoms with Crippen molar-refractivity contribution in [3.05, 3.63) is 35.4 Å². The first kappa shape index (κ1) is 15.4. The summed E-state index contributed by atoms with van der Waals surface area (Å²) in [7, 11) is 0. The average molecular weight is 273 g/mol. The smallest absolute Gasteiger partial charge is 0.126 e. The summed E-state index contributed by atoms with van der Waals surface area (Å²) in [6.45, 7) is 6.17. The molecule has 0 aliphatic carbocycles. The Hall–Kier alpha value is -0.610. The van der Waals surface area contributed by atoms with Crippen LogP contribution < -0.4 is 5.32 Å². The molecule has 1 nitrogen and oxygen atoms in total. The van der Waals surface area contributed by atoms with E-state index in [4.69, 9.17) is 0 Å². The maximum Gasteiger partial charge on any atom is 0.126 e. The molecule has 0 heterocycles. The van der Waals surface area contributed by atoms with Gasteiger partial charge in [0, 0.05) is 18.2 Å². The van der Waals surface area contributed by atoms with Gasteiger partial charge in [0.1, 0.15) is 11.6 Å². The molecule has 2 atom stereocenters. The molecule has 0 aliphatic heterocycles. The molecule has 0 radical (unpaired) electrons. The van der Waals surface area contributed by atoms with Gasteiger partial charge >= 0.3 is 0 Å². The Morgan fingerprint density at radius 3 is 2.33 bits per heavy atom. The zero-order chi connectivity index (χ0) is 13.5. The number of hydrogen-bond acceptors (Lipinski definition) is 2. The van der Waals surface area contributed by atoms with E-state index >= 15 is 0 Å². The first-order valence-electron chi connectivity index (χ1n) is 6.32. The standard InChI is InChI=1S/C14H21F2NS/c1-4-18-6-5-10(2)17-11(3)12-7-13(15)9-14(16)8-12/h7-11,17H,4-6H2,1-3H3. The molecule has 1 aromatic carbocycles. The summed E-state index contributed by atoms with van der Waals surface area (Å²) >= 11 is 1.90. The van der Waals surface area contributed by atoms with Crippen LogP contribution in [0.2, 0.25) is 0 Å². The van der Waals surface area contributed by atoms with Crippen molar-refractivity contribution in [1.29, 1.82) is 0 Å². The van der Waals surface area contributed by atoms with Crippen molar-refractivity contribution in [2.75, 3.05) is 11.5 Å². The van der Waals surface area contributed by atoms with E-state index < -0.39 is 11.6 Å². The van der Waals surface area contributed by atoms with Crippen molar-refractivity contribution in [3.8, 4) is 0 Å². The Labute approximate surface area is 112 Å². The first-order valence-corrected chi connectivity index (χ1v) is 7.48. The van der Waals surface area contributed by atoms with Gasteiger partial charge in [-0.2, -0.15) is 11.8 Å². The molecule has 0 spiro atoms. The van der Waals surface area contributed by atoms with Crippen LogP contribution in [-0.2, 0) is 0 Å². The molecule has 0 amide bonds. The van der Waals surface area contributed by atoms with Crippen molar-refractivity contribution in [2.24, 2.45) is 0 Å². The molecular formula is C14H21F2NS. The Morgan fingerprint density at radius 1 is 1.17 bits per heavy atom. The van der Waals surface area contributed by atoms with Gasteiger partial charge in [0.25, 0.3) is 0 Å². The van der Waals surface area contributed by atoms with Gasteiger partial charge in [0.15, 0.2) is 0 Å². The normalized spacial score (nSPS) is 14.5. The van der Waals surface area contributed by atoms with Gasteiger partial charge < -0.3 is 5.32 Å². The Balaban J connectivity index is 2.50. The zero-order valence-electron chi connectivity index (χ0n) is 11.2. The van der Waals surface area contributed by atoms with E-state index in [1.54, 1.807) is 0 Å². The topological polar surface area (TPSA) is 12.0 Å². The van der Waals surface area contributed by atoms with Crippen LogP contribution in [0.5, 0.6) is 0 Å². The zero-order valence-corrected chi connectivity index (χ0v) is 12.0. The lowest BCUT2D eigenvalue weighted by Gasteiger charge is -2.20. The Morgan fingerprint density at radius 2 is 1.78 bits per heavy atom. The Bertz CT molecular complexity index is 351. The average Bonchev–Trinajstić information content (AvgIpc) is 2.28. The molecule has 0 aliphatic rings. The number of benzene rings is 1. The number of rotatable bonds is 7. The molecule has 2 unspecified atom stereocenters. The lowest BCUT2D eigenvalue weighted by molar-refractivity contribution is 0.466. The molecule has 0 saturated carbocycles. The van der Waals surface area contributed by atoms with Crippen molar-refractivity contribution in [2.45, 2.75) is 39.3 Å². The summed E-state index contributed by atoms with van der Waals surface area (Å²) in [4.78, 5) is 0. The lowest BCUT2D eigenvalue weighted by Crippen LogP contribution is -2.29. The summed E-state index contributed by atoms with van der Waals surface area (Å²) in [6.07, 6.45) is 1.06. The van der Waals surface area contributed by atoms with Crippen LogP contribution in [0.4, 0.5) is 8.78 Å². The predicted molar refractivity (Wildman–Crippen MR) is 75.0 cm³/mol. The molecule has 1 N–H and O–H groups in total. The van der Waals surface area contributed by atoms with E-state index in [0.717, 1.165) is 24.0 Å². The van der Waals surface area contributed by atoms with Crippen LogP contribution in [0.3, 0.4) is 0 Å². The van der Waals surface area contributed by atoms with Crippen molar-refractivity contribution >= 4 is 11.8 Å². The largest absolute Gasteiger partial charge is 0.308 e. The van der Waals surface area contributed by atoms with Gasteiger partial charge in [-0.05, 0) is 49.5 Å². The van der Waals surface area contributed by atoms with Crippen molar-refractivity contribution in [1.82, 2.24) is 5.32 Å². The van der Waals surface area contributed by atoms with Gasteiger partial charge in [-0.1, -0.05) is 6.92 Å². The highest BCUT2D eigenvalue weighted by Crippen LogP contribution is 2.17. The molecule has 1 aromatic rings. The van der Waals surface area contributed by atoms with Gasteiger partial charge in [0.05, 0.1) is 0 Å². The molecule has 18 heavy (non-hydrogen) atoms. The highest BCUT2D eigenvalue weighted by atomic mass is 32.2. The van der Waals surface area contributed by atoms with Gasteiger partial charge in [-0.25, -0.2) is 8.78 Å². The van der Waals surface area contributed by atoms with Crippen LogP contribution in [0.15, 0.2) is 18.2 Å². The third-order valence-electron chi connectivity index (χ3n) is 2.82. The van der Waals surface area contributed by atoms with Gasteiger partial charge in [-0.15, -0.1) is 0 Å². The Kier molecular flexibility index (Phi) is 6.65. The molecule has 0 fully saturated rings. The minimum absolute atomic E-state index is 0.0446. The molecular weight excluding hydrogens is 252 g/mol. The second-order valence-corrected chi connectivity index (χ2v) is 5.87. The van der Waals surface area contributed by atoms with Crippen LogP contribution in [0.25, 0.3) is 0 Å². The first-order chi connectivity index (χ1) is 8.52. The van der Waals surface area contributed by atoms with E-state index in [1.807, 2.05) is 18.7 Å². The predicted octanol–water partition coefficient (Wildman–Crippen LogP) is 4.15. The molecule has 0 saturated heterocycles. The van der Waals surface area contributed by atoms with E-state index in [1.165, 1.54) is 12.1 Å². The molecule has 0 aromatic heterocycles. The molecule has 102 valence electrons. The van der Waals surface area contributed by atoms with Crippen LogP contribution in [0, 0.1) is 11.6 Å². The summed E-state index contributed by atoms with van der Waals surface area (Å²) in [5, 5.41) is 3.36. The fourth-order valence-corrected chi connectivity index (χ4v) is 2.64. The maximum absolute atomic E-state index is 13.1. The highest BCUT2D eigenvalue weighted by molar-refractivity contribution is 7.99. The number of nitrogens with one attached hydrogen (secondary N) is 1. The summed E-state index contributed by atoms with van der Waals surface area (Å²) in [6, 6.07) is 3.96. The maximum atomic E-state index is 13.1. The third kappa shape index (κ3) is 5.36. The quantitative estimate of drug-likeness (QED) is 0.749. The van der Waals surface area contributed by atoms with E-state index in [-0.39, 0.29) is 6.04 Å². The fraction of sp³-hybridized carbons (Fsp3) is 0.571. The molecule has 0 bridgehead atoms. The fourth-order valence-electron chi connectivity index (χ4n) is 1.84. The lowest BCUT2D eigenvalue weighted by atomic mass is 10.1. The number of thioether (sulfide) groups is 1. The van der Waals surface area contributed by atoms with E-state index in [2.05, 4.69) is 19.2 Å². The minimum Gasteiger partial charge on any atom is -0.308 e. The highest BCUT2D eigenvalue weighted by Gasteiger charge is 2.11. The summed E-state index contributed by atoms with van der Waals surface area (Å²) in [5.41, 5.74) is 0.655. The third-order valence-corrected chi connectivity index (χ3v) is 3.75. The number of halogens is 2.